The molecular formula is C29H27ClN2O6S. The molecule has 3 amide bonds. The molecule has 0 bridgehead atoms. The Balaban J connectivity index is 1.38. The number of nitrogens with one attached hydrogen (secondary N) is 1. The molecule has 1 N–H and O–H groups in total. The topological polar surface area (TPSA) is 94.2 Å². The van der Waals surface area contributed by atoms with Crippen LogP contribution < -0.4 is 19.5 Å². The maximum absolute atomic E-state index is 12.9. The summed E-state index contributed by atoms with van der Waals surface area (Å²) >= 11 is 6.99. The molecule has 1 fully saturated rings. The number of nitrogens with zero attached hydrogens (tertiary/aromatic N) is 1. The first-order valence-electron chi connectivity index (χ1n) is 12.2. The van der Waals surface area contributed by atoms with Crippen molar-refractivity contribution < 1.29 is 28.6 Å². The third kappa shape index (κ3) is 7.55. The molecule has 202 valence electrons. The summed E-state index contributed by atoms with van der Waals surface area (Å²) < 4.78 is 17.0. The second-order valence-electron chi connectivity index (χ2n) is 8.43. The largest absolute Gasteiger partial charge is 0.492 e. The number of aryl methyl sites for hydroxylation is 1. The molecule has 0 aliphatic carbocycles. The van der Waals surface area contributed by atoms with Crippen LogP contribution in [0.4, 0.5) is 10.5 Å². The second-order valence-corrected chi connectivity index (χ2v) is 9.84. The Kier molecular flexibility index (Phi) is 9.51. The zero-order valence-electron chi connectivity index (χ0n) is 21.4. The fraction of sp³-hybridized carbons (Fsp3) is 0.207. The van der Waals surface area contributed by atoms with Gasteiger partial charge in [0.05, 0.1) is 18.1 Å². The van der Waals surface area contributed by atoms with Gasteiger partial charge < -0.3 is 19.5 Å². The van der Waals surface area contributed by atoms with E-state index in [9.17, 15) is 14.4 Å². The molecule has 1 aliphatic heterocycles. The van der Waals surface area contributed by atoms with Gasteiger partial charge in [0.2, 0.25) is 0 Å². The molecule has 0 spiro atoms. The number of hydrogen-bond donors (Lipinski definition) is 1. The number of rotatable bonds is 11. The highest BCUT2D eigenvalue weighted by Crippen LogP contribution is 2.34. The molecule has 39 heavy (non-hydrogen) atoms. The highest BCUT2D eigenvalue weighted by Gasteiger charge is 2.34. The Hall–Kier alpha value is -3.95. The highest BCUT2D eigenvalue weighted by molar-refractivity contribution is 8.18. The van der Waals surface area contributed by atoms with E-state index in [-0.39, 0.29) is 36.8 Å². The van der Waals surface area contributed by atoms with Gasteiger partial charge in [-0.2, -0.15) is 0 Å². The predicted molar refractivity (Wildman–Crippen MR) is 153 cm³/mol. The molecule has 0 unspecified atom stereocenters. The first kappa shape index (κ1) is 28.1. The summed E-state index contributed by atoms with van der Waals surface area (Å²) in [4.78, 5) is 39.2. The van der Waals surface area contributed by atoms with Crippen LogP contribution in [0.15, 0.2) is 71.6 Å². The SMILES string of the molecule is CCOc1cc(/C=C2\SC(=O)N(CCOc3ccccc3)C2=O)ccc1OCC(=O)Nc1ccc(C)c(Cl)c1. The molecule has 1 heterocycles. The average Bonchev–Trinajstić information content (AvgIpc) is 3.18. The molecule has 1 aliphatic rings. The van der Waals surface area contributed by atoms with Crippen LogP contribution in [-0.4, -0.2) is 48.3 Å². The van der Waals surface area contributed by atoms with Crippen LogP contribution in [0.25, 0.3) is 6.08 Å². The van der Waals surface area contributed by atoms with Crippen LogP contribution >= 0.6 is 23.4 Å². The first-order chi connectivity index (χ1) is 18.8. The van der Waals surface area contributed by atoms with Crippen molar-refractivity contribution in [3.63, 3.8) is 0 Å². The molecular weight excluding hydrogens is 540 g/mol. The lowest BCUT2D eigenvalue weighted by molar-refractivity contribution is -0.123. The number of halogens is 1. The Bertz CT molecular complexity index is 1400. The maximum atomic E-state index is 12.9. The van der Waals surface area contributed by atoms with Gasteiger partial charge in [0.1, 0.15) is 12.4 Å². The van der Waals surface area contributed by atoms with E-state index in [2.05, 4.69) is 5.32 Å². The number of benzene rings is 3. The van der Waals surface area contributed by atoms with E-state index >= 15 is 0 Å². The Morgan fingerprint density at radius 2 is 1.79 bits per heavy atom. The van der Waals surface area contributed by atoms with Crippen molar-refractivity contribution >= 4 is 52.2 Å². The quantitative estimate of drug-likeness (QED) is 0.277. The van der Waals surface area contributed by atoms with Crippen LogP contribution in [0.3, 0.4) is 0 Å². The van der Waals surface area contributed by atoms with Gasteiger partial charge in [-0.15, -0.1) is 0 Å². The predicted octanol–water partition coefficient (Wildman–Crippen LogP) is 6.18. The molecule has 10 heteroatoms. The van der Waals surface area contributed by atoms with E-state index in [1.165, 1.54) is 4.90 Å². The molecule has 0 radical (unpaired) electrons. The Morgan fingerprint density at radius 1 is 1.00 bits per heavy atom. The normalized spacial score (nSPS) is 14.0. The summed E-state index contributed by atoms with van der Waals surface area (Å²) in [6.07, 6.45) is 1.63. The molecule has 8 nitrogen and oxygen atoms in total. The Morgan fingerprint density at radius 3 is 2.54 bits per heavy atom. The summed E-state index contributed by atoms with van der Waals surface area (Å²) in [5.41, 5.74) is 2.13. The first-order valence-corrected chi connectivity index (χ1v) is 13.4. The summed E-state index contributed by atoms with van der Waals surface area (Å²) in [5.74, 6) is 0.715. The van der Waals surface area contributed by atoms with E-state index < -0.39 is 0 Å². The number of carbonyl (C=O) groups excluding carboxylic acids is 3. The van der Waals surface area contributed by atoms with Crippen LogP contribution in [-0.2, 0) is 9.59 Å². The summed E-state index contributed by atoms with van der Waals surface area (Å²) in [5, 5.41) is 2.95. The van der Waals surface area contributed by atoms with E-state index in [1.807, 2.05) is 50.2 Å². The fourth-order valence-electron chi connectivity index (χ4n) is 3.63. The van der Waals surface area contributed by atoms with E-state index in [0.717, 1.165) is 17.3 Å². The van der Waals surface area contributed by atoms with Gasteiger partial charge >= 0.3 is 0 Å². The second kappa shape index (κ2) is 13.2. The molecule has 3 aromatic rings. The number of carbonyl (C=O) groups is 3. The zero-order chi connectivity index (χ0) is 27.8. The third-order valence-electron chi connectivity index (χ3n) is 5.58. The standard InChI is InChI=1S/C29H27ClN2O6S/c1-3-36-25-15-20(10-12-24(25)38-18-27(33)31-21-11-9-19(2)23(30)17-21)16-26-28(34)32(29(35)39-26)13-14-37-22-7-5-4-6-8-22/h4-12,15-17H,3,13-14,18H2,1-2H3,(H,31,33)/b26-16-. The van der Waals surface area contributed by atoms with Gasteiger partial charge in [0, 0.05) is 10.7 Å². The van der Waals surface area contributed by atoms with Gasteiger partial charge in [-0.3, -0.25) is 19.3 Å². The minimum absolute atomic E-state index is 0.144. The van der Waals surface area contributed by atoms with E-state index in [4.69, 9.17) is 25.8 Å². The van der Waals surface area contributed by atoms with Gasteiger partial charge in [-0.1, -0.05) is 41.9 Å². The number of para-hydroxylation sites is 1. The van der Waals surface area contributed by atoms with Crippen molar-refractivity contribution in [1.82, 2.24) is 4.90 Å². The summed E-state index contributed by atoms with van der Waals surface area (Å²) in [7, 11) is 0. The van der Waals surface area contributed by atoms with E-state index in [1.54, 1.807) is 36.4 Å². The minimum atomic E-state index is -0.382. The van der Waals surface area contributed by atoms with Crippen molar-refractivity contribution in [1.29, 1.82) is 0 Å². The fourth-order valence-corrected chi connectivity index (χ4v) is 4.67. The molecule has 1 saturated heterocycles. The molecule has 3 aromatic carbocycles. The number of hydrogen-bond acceptors (Lipinski definition) is 7. The Labute approximate surface area is 235 Å². The van der Waals surface area contributed by atoms with Crippen molar-refractivity contribution in [2.24, 2.45) is 0 Å². The van der Waals surface area contributed by atoms with E-state index in [0.29, 0.717) is 45.0 Å². The van der Waals surface area contributed by atoms with Crippen LogP contribution in [0.5, 0.6) is 17.2 Å². The van der Waals surface area contributed by atoms with Crippen molar-refractivity contribution in [3.05, 3.63) is 87.8 Å². The monoisotopic (exact) mass is 566 g/mol. The van der Waals surface area contributed by atoms with Gasteiger partial charge in [0.15, 0.2) is 18.1 Å². The molecule has 0 aromatic heterocycles. The number of anilines is 1. The van der Waals surface area contributed by atoms with Crippen LogP contribution in [0, 0.1) is 6.92 Å². The lowest BCUT2D eigenvalue weighted by atomic mass is 10.2. The smallest absolute Gasteiger partial charge is 0.293 e. The van der Waals surface area contributed by atoms with Crippen molar-refractivity contribution in [2.75, 3.05) is 31.7 Å². The van der Waals surface area contributed by atoms with Crippen molar-refractivity contribution in [3.8, 4) is 17.2 Å². The van der Waals surface area contributed by atoms with Crippen molar-refractivity contribution in [2.45, 2.75) is 13.8 Å². The van der Waals surface area contributed by atoms with Gasteiger partial charge in [0.25, 0.3) is 17.1 Å². The summed E-state index contributed by atoms with van der Waals surface area (Å²) in [6.45, 7) is 4.17. The minimum Gasteiger partial charge on any atom is -0.492 e. The number of ether oxygens (including phenoxy) is 3. The summed E-state index contributed by atoms with van der Waals surface area (Å²) in [6, 6.07) is 19.5. The van der Waals surface area contributed by atoms with Crippen LogP contribution in [0.2, 0.25) is 5.02 Å². The highest BCUT2D eigenvalue weighted by atomic mass is 35.5. The number of amides is 3. The molecule has 0 saturated carbocycles. The van der Waals surface area contributed by atoms with Gasteiger partial charge in [-0.05, 0) is 79.2 Å². The van der Waals surface area contributed by atoms with Crippen LogP contribution in [0.1, 0.15) is 18.1 Å². The third-order valence-corrected chi connectivity index (χ3v) is 6.89. The average molecular weight is 567 g/mol. The number of thioether (sulfide) groups is 1. The van der Waals surface area contributed by atoms with Gasteiger partial charge in [-0.25, -0.2) is 0 Å². The molecule has 0 atom stereocenters. The maximum Gasteiger partial charge on any atom is 0.293 e. The number of imide groups is 1. The molecule has 4 rings (SSSR count). The lowest BCUT2D eigenvalue weighted by Crippen LogP contribution is -2.32. The lowest BCUT2D eigenvalue weighted by Gasteiger charge is -2.13. The zero-order valence-corrected chi connectivity index (χ0v) is 23.0.